The summed E-state index contributed by atoms with van der Waals surface area (Å²) in [5, 5.41) is 4.97. The van der Waals surface area contributed by atoms with Crippen LogP contribution in [0.5, 0.6) is 0 Å². The van der Waals surface area contributed by atoms with Crippen LogP contribution in [-0.4, -0.2) is 9.78 Å². The molecule has 0 radical (unpaired) electrons. The Morgan fingerprint density at radius 2 is 1.35 bits per heavy atom. The Bertz CT molecular complexity index is 1000. The van der Waals surface area contributed by atoms with Crippen LogP contribution < -0.4 is 0 Å². The summed E-state index contributed by atoms with van der Waals surface area (Å²) < 4.78 is 2.10. The number of rotatable bonds is 3. The van der Waals surface area contributed by atoms with Crippen LogP contribution in [-0.2, 0) is 13.0 Å². The molecule has 0 unspecified atom stereocenters. The maximum absolute atomic E-state index is 4.97. The van der Waals surface area contributed by atoms with Crippen LogP contribution in [0.15, 0.2) is 94.9 Å². The molecule has 0 N–H and O–H groups in total. The van der Waals surface area contributed by atoms with Crippen molar-refractivity contribution in [2.24, 2.45) is 0 Å². The molecule has 26 heavy (non-hydrogen) atoms. The largest absolute Gasteiger partial charge is 0.271 e. The molecule has 4 aromatic rings. The van der Waals surface area contributed by atoms with Gasteiger partial charge in [-0.3, -0.25) is 4.68 Å². The Morgan fingerprint density at radius 1 is 0.692 bits per heavy atom. The molecule has 1 aliphatic rings. The zero-order chi connectivity index (χ0) is 17.3. The lowest BCUT2D eigenvalue weighted by atomic mass is 10.0. The highest BCUT2D eigenvalue weighted by Gasteiger charge is 2.22. The molecule has 2 heterocycles. The van der Waals surface area contributed by atoms with Gasteiger partial charge >= 0.3 is 0 Å². The lowest BCUT2D eigenvalue weighted by Gasteiger charge is -2.06. The van der Waals surface area contributed by atoms with Gasteiger partial charge in [-0.15, -0.1) is 0 Å². The first-order chi connectivity index (χ1) is 12.9. The van der Waals surface area contributed by atoms with Crippen molar-refractivity contribution in [1.29, 1.82) is 0 Å². The molecule has 0 bridgehead atoms. The molecule has 5 rings (SSSR count). The normalized spacial score (nSPS) is 12.0. The molecule has 0 fully saturated rings. The lowest BCUT2D eigenvalue weighted by Crippen LogP contribution is -2.02. The van der Waals surface area contributed by atoms with Gasteiger partial charge in [-0.05, 0) is 29.7 Å². The maximum atomic E-state index is 4.97. The first kappa shape index (κ1) is 15.5. The average Bonchev–Trinajstić information content (AvgIpc) is 3.07. The average molecular weight is 354 g/mol. The molecule has 0 spiro atoms. The van der Waals surface area contributed by atoms with Gasteiger partial charge in [0, 0.05) is 33.7 Å². The summed E-state index contributed by atoms with van der Waals surface area (Å²) in [6.45, 7) is 0.883. The first-order valence-electron chi connectivity index (χ1n) is 8.86. The van der Waals surface area contributed by atoms with Crippen molar-refractivity contribution in [2.75, 3.05) is 0 Å². The minimum absolute atomic E-state index is 0.883. The van der Waals surface area contributed by atoms with Crippen LogP contribution in [0.3, 0.4) is 0 Å². The van der Waals surface area contributed by atoms with Gasteiger partial charge in [0.25, 0.3) is 0 Å². The maximum Gasteiger partial charge on any atom is 0.101 e. The second kappa shape index (κ2) is 6.50. The Kier molecular flexibility index (Phi) is 3.87. The van der Waals surface area contributed by atoms with Crippen LogP contribution in [0.1, 0.15) is 5.56 Å². The number of hydrogen-bond donors (Lipinski definition) is 0. The monoisotopic (exact) mass is 354 g/mol. The second-order valence-electron chi connectivity index (χ2n) is 6.48. The fraction of sp³-hybridized carbons (Fsp3) is 0.0870. The van der Waals surface area contributed by atoms with Crippen LogP contribution in [0, 0.1) is 0 Å². The van der Waals surface area contributed by atoms with E-state index in [1.165, 1.54) is 32.0 Å². The number of hydrogen-bond acceptors (Lipinski definition) is 2. The van der Waals surface area contributed by atoms with Gasteiger partial charge in [0.1, 0.15) is 5.69 Å². The summed E-state index contributed by atoms with van der Waals surface area (Å²) >= 11 is 1.83. The van der Waals surface area contributed by atoms with Crippen molar-refractivity contribution in [3.05, 3.63) is 90.6 Å². The van der Waals surface area contributed by atoms with Crippen LogP contribution in [0.25, 0.3) is 22.4 Å². The summed E-state index contributed by atoms with van der Waals surface area (Å²) in [4.78, 5) is 2.56. The van der Waals surface area contributed by atoms with Gasteiger partial charge in [-0.2, -0.15) is 5.10 Å². The second-order valence-corrected chi connectivity index (χ2v) is 7.57. The van der Waals surface area contributed by atoms with E-state index in [1.807, 2.05) is 11.8 Å². The third kappa shape index (κ3) is 2.74. The van der Waals surface area contributed by atoms with Gasteiger partial charge < -0.3 is 0 Å². The molecule has 1 aliphatic heterocycles. The molecule has 3 heteroatoms. The zero-order valence-electron chi connectivity index (χ0n) is 14.3. The topological polar surface area (TPSA) is 17.8 Å². The molecular formula is C23H18N2S. The molecule has 2 nitrogen and oxygen atoms in total. The van der Waals surface area contributed by atoms with E-state index in [-0.39, 0.29) is 0 Å². The van der Waals surface area contributed by atoms with Crippen molar-refractivity contribution in [1.82, 2.24) is 9.78 Å². The Morgan fingerprint density at radius 3 is 2.15 bits per heavy atom. The summed E-state index contributed by atoms with van der Waals surface area (Å²) in [6.07, 6.45) is 3.19. The van der Waals surface area contributed by atoms with Crippen LogP contribution in [0.2, 0.25) is 0 Å². The third-order valence-electron chi connectivity index (χ3n) is 4.77. The fourth-order valence-electron chi connectivity index (χ4n) is 3.47. The van der Waals surface area contributed by atoms with Crippen molar-refractivity contribution in [3.8, 4) is 22.4 Å². The first-order valence-corrected chi connectivity index (χ1v) is 9.68. The van der Waals surface area contributed by atoms with E-state index in [2.05, 4.69) is 89.7 Å². The van der Waals surface area contributed by atoms with Crippen LogP contribution in [0.4, 0.5) is 0 Å². The number of aromatic nitrogens is 2. The summed E-state index contributed by atoms with van der Waals surface area (Å²) in [5.41, 5.74) is 6.16. The predicted octanol–water partition coefficient (Wildman–Crippen LogP) is 5.92. The molecule has 0 atom stereocenters. The quantitative estimate of drug-likeness (QED) is 0.400. The zero-order valence-corrected chi connectivity index (χ0v) is 15.1. The number of aryl methyl sites for hydroxylation is 2. The van der Waals surface area contributed by atoms with Crippen molar-refractivity contribution >= 4 is 11.8 Å². The third-order valence-corrected chi connectivity index (χ3v) is 5.93. The molecule has 0 saturated carbocycles. The highest BCUT2D eigenvalue weighted by molar-refractivity contribution is 7.99. The van der Waals surface area contributed by atoms with E-state index in [0.29, 0.717) is 0 Å². The summed E-state index contributed by atoms with van der Waals surface area (Å²) in [6, 6.07) is 27.8. The van der Waals surface area contributed by atoms with Crippen molar-refractivity contribution < 1.29 is 0 Å². The number of fused-ring (bicyclic) bond motifs is 5. The molecule has 0 aliphatic carbocycles. The molecule has 0 amide bonds. The number of nitrogens with zero attached hydrogens (tertiary/aromatic N) is 2. The van der Waals surface area contributed by atoms with Gasteiger partial charge in [-0.1, -0.05) is 78.5 Å². The predicted molar refractivity (Wildman–Crippen MR) is 107 cm³/mol. The minimum Gasteiger partial charge on any atom is -0.271 e. The standard InChI is InChI=1S/C23H18N2S/c1-2-8-17(9-3-1)14-15-25-16-20-18-10-4-6-12-21(18)26-22-13-7-5-11-19(22)23(20)24-25/h1-13,16H,14-15H2. The van der Waals surface area contributed by atoms with E-state index in [0.717, 1.165) is 18.7 Å². The Balaban J connectivity index is 1.59. The van der Waals surface area contributed by atoms with E-state index >= 15 is 0 Å². The lowest BCUT2D eigenvalue weighted by molar-refractivity contribution is 0.616. The fourth-order valence-corrected chi connectivity index (χ4v) is 4.56. The molecular weight excluding hydrogens is 336 g/mol. The minimum atomic E-state index is 0.883. The van der Waals surface area contributed by atoms with E-state index < -0.39 is 0 Å². The van der Waals surface area contributed by atoms with Gasteiger partial charge in [0.15, 0.2) is 0 Å². The van der Waals surface area contributed by atoms with Crippen molar-refractivity contribution in [3.63, 3.8) is 0 Å². The summed E-state index contributed by atoms with van der Waals surface area (Å²) in [7, 11) is 0. The highest BCUT2D eigenvalue weighted by atomic mass is 32.2. The summed E-state index contributed by atoms with van der Waals surface area (Å²) in [5.74, 6) is 0. The van der Waals surface area contributed by atoms with Gasteiger partial charge in [0.05, 0.1) is 0 Å². The molecule has 1 aromatic heterocycles. The Hall–Kier alpha value is -2.78. The SMILES string of the molecule is c1ccc(CCn2cc3c(n2)-c2ccccc2Sc2ccccc2-3)cc1. The van der Waals surface area contributed by atoms with E-state index in [4.69, 9.17) is 5.10 Å². The number of benzene rings is 3. The van der Waals surface area contributed by atoms with Gasteiger partial charge in [0.2, 0.25) is 0 Å². The highest BCUT2D eigenvalue weighted by Crippen LogP contribution is 2.46. The Labute approximate surface area is 157 Å². The van der Waals surface area contributed by atoms with Crippen LogP contribution >= 0.6 is 11.8 Å². The molecule has 3 aromatic carbocycles. The molecule has 0 saturated heterocycles. The van der Waals surface area contributed by atoms with E-state index in [1.54, 1.807) is 0 Å². The van der Waals surface area contributed by atoms with Gasteiger partial charge in [-0.25, -0.2) is 0 Å². The van der Waals surface area contributed by atoms with E-state index in [9.17, 15) is 0 Å². The molecule has 126 valence electrons. The smallest absolute Gasteiger partial charge is 0.101 e. The van der Waals surface area contributed by atoms with Crippen molar-refractivity contribution in [2.45, 2.75) is 22.8 Å².